The summed E-state index contributed by atoms with van der Waals surface area (Å²) in [5.74, 6) is 0.887. The van der Waals surface area contributed by atoms with E-state index in [4.69, 9.17) is 0 Å². The quantitative estimate of drug-likeness (QED) is 0.573. The predicted octanol–water partition coefficient (Wildman–Crippen LogP) is 3.28. The number of benzene rings is 1. The lowest BCUT2D eigenvalue weighted by molar-refractivity contribution is -0.118. The van der Waals surface area contributed by atoms with Crippen LogP contribution in [-0.2, 0) is 11.3 Å². The first-order valence-corrected chi connectivity index (χ1v) is 8.95. The number of guanidine groups is 1. The zero-order valence-corrected chi connectivity index (χ0v) is 15.1. The molecule has 1 aliphatic carbocycles. The van der Waals surface area contributed by atoms with Gasteiger partial charge >= 0.3 is 0 Å². The molecule has 0 bridgehead atoms. The summed E-state index contributed by atoms with van der Waals surface area (Å²) in [6, 6.07) is 8.47. The molecule has 1 aromatic carbocycles. The molecule has 5 nitrogen and oxygen atoms in total. The average Bonchev–Trinajstić information content (AvgIpc) is 2.60. The van der Waals surface area contributed by atoms with Gasteiger partial charge in [-0.05, 0) is 30.5 Å². The number of rotatable bonds is 5. The highest BCUT2D eigenvalue weighted by molar-refractivity contribution is 5.92. The van der Waals surface area contributed by atoms with Gasteiger partial charge in [0.25, 0.3) is 0 Å². The van der Waals surface area contributed by atoms with Crippen molar-refractivity contribution in [2.24, 2.45) is 10.9 Å². The molecule has 24 heavy (non-hydrogen) atoms. The molecule has 0 aromatic heterocycles. The molecule has 2 rings (SSSR count). The van der Waals surface area contributed by atoms with E-state index in [-0.39, 0.29) is 11.8 Å². The van der Waals surface area contributed by atoms with Crippen LogP contribution in [0.4, 0.5) is 5.69 Å². The van der Waals surface area contributed by atoms with Crippen molar-refractivity contribution >= 4 is 17.6 Å². The number of nitrogens with one attached hydrogen (secondary N) is 3. The van der Waals surface area contributed by atoms with Gasteiger partial charge < -0.3 is 16.0 Å². The lowest BCUT2D eigenvalue weighted by atomic mass is 9.96. The first kappa shape index (κ1) is 18.3. The molecule has 5 heteroatoms. The third-order valence-electron chi connectivity index (χ3n) is 4.38. The molecule has 0 saturated heterocycles. The van der Waals surface area contributed by atoms with Gasteiger partial charge in [-0.3, -0.25) is 9.79 Å². The highest BCUT2D eigenvalue weighted by Crippen LogP contribution is 2.17. The third kappa shape index (κ3) is 5.87. The number of hydrogen-bond acceptors (Lipinski definition) is 2. The van der Waals surface area contributed by atoms with Crippen LogP contribution < -0.4 is 16.0 Å². The van der Waals surface area contributed by atoms with Crippen LogP contribution in [0.25, 0.3) is 0 Å². The number of anilines is 1. The minimum Gasteiger partial charge on any atom is -0.354 e. The van der Waals surface area contributed by atoms with Crippen molar-refractivity contribution in [3.63, 3.8) is 0 Å². The average molecular weight is 330 g/mol. The molecule has 0 heterocycles. The highest BCUT2D eigenvalue weighted by Gasteiger charge is 2.14. The summed E-state index contributed by atoms with van der Waals surface area (Å²) in [5, 5.41) is 9.77. The second kappa shape index (κ2) is 9.30. The monoisotopic (exact) mass is 330 g/mol. The second-order valence-electron chi connectivity index (χ2n) is 6.75. The second-order valence-corrected chi connectivity index (χ2v) is 6.75. The molecule has 1 aliphatic rings. The molecule has 0 radical (unpaired) electrons. The van der Waals surface area contributed by atoms with Crippen LogP contribution in [0.3, 0.4) is 0 Å². The van der Waals surface area contributed by atoms with Crippen LogP contribution in [0.1, 0.15) is 51.5 Å². The minimum atomic E-state index is -0.0134. The van der Waals surface area contributed by atoms with Gasteiger partial charge in [0.2, 0.25) is 5.91 Å². The summed E-state index contributed by atoms with van der Waals surface area (Å²) in [6.07, 6.45) is 6.41. The summed E-state index contributed by atoms with van der Waals surface area (Å²) >= 11 is 0. The molecule has 0 spiro atoms. The van der Waals surface area contributed by atoms with E-state index in [1.165, 1.54) is 32.1 Å². The van der Waals surface area contributed by atoms with Crippen molar-refractivity contribution in [1.29, 1.82) is 0 Å². The largest absolute Gasteiger partial charge is 0.354 e. The minimum absolute atomic E-state index is 0.0134. The molecule has 1 fully saturated rings. The van der Waals surface area contributed by atoms with Crippen LogP contribution in [0.15, 0.2) is 29.3 Å². The van der Waals surface area contributed by atoms with E-state index in [0.29, 0.717) is 12.6 Å². The standard InChI is InChI=1S/C19H30N4O/c1-14(2)18(24)22-17-11-9-15(10-12-17)13-21-19(20-3)23-16-7-5-4-6-8-16/h9-12,14,16H,4-8,13H2,1-3H3,(H,22,24)(H2,20,21,23). The van der Waals surface area contributed by atoms with Crippen molar-refractivity contribution in [1.82, 2.24) is 10.6 Å². The normalized spacial score (nSPS) is 16.1. The van der Waals surface area contributed by atoms with Gasteiger partial charge in [0.05, 0.1) is 0 Å². The molecular weight excluding hydrogens is 300 g/mol. The summed E-state index contributed by atoms with van der Waals surface area (Å²) in [7, 11) is 1.81. The van der Waals surface area contributed by atoms with Crippen molar-refractivity contribution in [3.05, 3.63) is 29.8 Å². The molecular formula is C19H30N4O. The number of hydrogen-bond donors (Lipinski definition) is 3. The number of carbonyl (C=O) groups is 1. The molecule has 3 N–H and O–H groups in total. The Bertz CT molecular complexity index is 545. The Morgan fingerprint density at radius 2 is 1.83 bits per heavy atom. The molecule has 132 valence electrons. The first-order chi connectivity index (χ1) is 11.6. The summed E-state index contributed by atoms with van der Waals surface area (Å²) in [5.41, 5.74) is 1.99. The number of nitrogens with zero attached hydrogens (tertiary/aromatic N) is 1. The Labute approximate surface area is 145 Å². The number of carbonyl (C=O) groups excluding carboxylic acids is 1. The maximum Gasteiger partial charge on any atom is 0.226 e. The van der Waals surface area contributed by atoms with Crippen molar-refractivity contribution in [2.45, 2.75) is 58.5 Å². The number of aliphatic imine (C=N–C) groups is 1. The van der Waals surface area contributed by atoms with Crippen LogP contribution in [-0.4, -0.2) is 25.0 Å². The van der Waals surface area contributed by atoms with Gasteiger partial charge in [-0.2, -0.15) is 0 Å². The fourth-order valence-corrected chi connectivity index (χ4v) is 2.81. The summed E-state index contributed by atoms with van der Waals surface area (Å²) < 4.78 is 0. The van der Waals surface area contributed by atoms with Gasteiger partial charge in [-0.15, -0.1) is 0 Å². The zero-order valence-electron chi connectivity index (χ0n) is 15.1. The molecule has 1 amide bonds. The maximum absolute atomic E-state index is 11.7. The van der Waals surface area contributed by atoms with E-state index < -0.39 is 0 Å². The Hall–Kier alpha value is -2.04. The Balaban J connectivity index is 1.81. The van der Waals surface area contributed by atoms with Gasteiger partial charge in [0.1, 0.15) is 0 Å². The van der Waals surface area contributed by atoms with E-state index in [1.807, 2.05) is 45.2 Å². The van der Waals surface area contributed by atoms with E-state index >= 15 is 0 Å². The smallest absolute Gasteiger partial charge is 0.226 e. The third-order valence-corrected chi connectivity index (χ3v) is 4.38. The maximum atomic E-state index is 11.7. The fraction of sp³-hybridized carbons (Fsp3) is 0.579. The van der Waals surface area contributed by atoms with Gasteiger partial charge in [0.15, 0.2) is 5.96 Å². The zero-order chi connectivity index (χ0) is 17.4. The molecule has 0 aliphatic heterocycles. The van der Waals surface area contributed by atoms with E-state index in [0.717, 1.165) is 17.2 Å². The van der Waals surface area contributed by atoms with Gasteiger partial charge in [0, 0.05) is 31.2 Å². The van der Waals surface area contributed by atoms with Crippen molar-refractivity contribution in [2.75, 3.05) is 12.4 Å². The Morgan fingerprint density at radius 1 is 1.17 bits per heavy atom. The highest BCUT2D eigenvalue weighted by atomic mass is 16.1. The van der Waals surface area contributed by atoms with E-state index in [9.17, 15) is 4.79 Å². The molecule has 1 aromatic rings. The van der Waals surface area contributed by atoms with Crippen LogP contribution >= 0.6 is 0 Å². The molecule has 1 saturated carbocycles. The SMILES string of the molecule is CN=C(NCc1ccc(NC(=O)C(C)C)cc1)NC1CCCCC1. The van der Waals surface area contributed by atoms with Crippen molar-refractivity contribution < 1.29 is 4.79 Å². The predicted molar refractivity (Wildman–Crippen MR) is 100 cm³/mol. The fourth-order valence-electron chi connectivity index (χ4n) is 2.81. The van der Waals surface area contributed by atoms with E-state index in [2.05, 4.69) is 20.9 Å². The van der Waals surface area contributed by atoms with Crippen LogP contribution in [0, 0.1) is 5.92 Å². The van der Waals surface area contributed by atoms with Crippen molar-refractivity contribution in [3.8, 4) is 0 Å². The van der Waals surface area contributed by atoms with Gasteiger partial charge in [-0.1, -0.05) is 45.2 Å². The molecule has 0 unspecified atom stereocenters. The summed E-state index contributed by atoms with van der Waals surface area (Å²) in [4.78, 5) is 16.0. The number of amides is 1. The Morgan fingerprint density at radius 3 is 2.42 bits per heavy atom. The Kier molecular flexibility index (Phi) is 7.09. The van der Waals surface area contributed by atoms with Crippen LogP contribution in [0.5, 0.6) is 0 Å². The lowest BCUT2D eigenvalue weighted by Gasteiger charge is -2.24. The molecule has 0 atom stereocenters. The summed E-state index contributed by atoms with van der Waals surface area (Å²) in [6.45, 7) is 4.49. The van der Waals surface area contributed by atoms with E-state index in [1.54, 1.807) is 0 Å². The first-order valence-electron chi connectivity index (χ1n) is 8.95. The topological polar surface area (TPSA) is 65.5 Å². The lowest BCUT2D eigenvalue weighted by Crippen LogP contribution is -2.43. The van der Waals surface area contributed by atoms with Crippen LogP contribution in [0.2, 0.25) is 0 Å². The van der Waals surface area contributed by atoms with Gasteiger partial charge in [-0.25, -0.2) is 0 Å².